The molecule has 1 aliphatic heterocycles. The van der Waals surface area contributed by atoms with E-state index in [0.717, 1.165) is 31.7 Å². The third-order valence-electron chi connectivity index (χ3n) is 2.72. The van der Waals surface area contributed by atoms with Gasteiger partial charge in [0.05, 0.1) is 25.2 Å². The predicted molar refractivity (Wildman–Crippen MR) is 58.3 cm³/mol. The second-order valence-electron chi connectivity index (χ2n) is 3.76. The fraction of sp³-hybridized carbons (Fsp3) is 0.545. The summed E-state index contributed by atoms with van der Waals surface area (Å²) in [5, 5.41) is 0. The Balaban J connectivity index is 2.17. The molecule has 0 bridgehead atoms. The van der Waals surface area contributed by atoms with E-state index in [1.165, 1.54) is 0 Å². The van der Waals surface area contributed by atoms with Crippen molar-refractivity contribution in [3.63, 3.8) is 0 Å². The summed E-state index contributed by atoms with van der Waals surface area (Å²) in [7, 11) is 0. The molecule has 1 aromatic heterocycles. The van der Waals surface area contributed by atoms with Crippen molar-refractivity contribution in [3.05, 3.63) is 12.0 Å². The minimum Gasteiger partial charge on any atom is -0.384 e. The first kappa shape index (κ1) is 10.1. The largest absolute Gasteiger partial charge is 0.384 e. The monoisotopic (exact) mass is 205 g/mol. The lowest BCUT2D eigenvalue weighted by Crippen LogP contribution is -2.17. The first-order chi connectivity index (χ1) is 7.33. The van der Waals surface area contributed by atoms with Crippen LogP contribution in [-0.4, -0.2) is 22.8 Å². The number of nitrogens with zero attached hydrogens (tertiary/aromatic N) is 2. The molecule has 4 nitrogen and oxygen atoms in total. The molecule has 0 radical (unpaired) electrons. The molecule has 1 unspecified atom stereocenters. The van der Waals surface area contributed by atoms with E-state index in [9.17, 15) is 0 Å². The second kappa shape index (κ2) is 4.37. The Hall–Kier alpha value is -1.47. The number of hydrogen-bond donors (Lipinski definition) is 1. The summed E-state index contributed by atoms with van der Waals surface area (Å²) in [5.74, 6) is 3.57. The highest BCUT2D eigenvalue weighted by Gasteiger charge is 2.21. The van der Waals surface area contributed by atoms with Crippen molar-refractivity contribution in [3.8, 4) is 12.3 Å². The molecular weight excluding hydrogens is 190 g/mol. The first-order valence-corrected chi connectivity index (χ1v) is 5.14. The molecule has 2 heterocycles. The predicted octanol–water partition coefficient (Wildman–Crippen LogP) is 0.992. The van der Waals surface area contributed by atoms with E-state index in [2.05, 4.69) is 10.9 Å². The quantitative estimate of drug-likeness (QED) is 0.733. The number of nitrogens with two attached hydrogens (primary N) is 1. The summed E-state index contributed by atoms with van der Waals surface area (Å²) in [6, 6.07) is 0. The molecule has 0 spiro atoms. The molecule has 2 rings (SSSR count). The lowest BCUT2D eigenvalue weighted by Gasteiger charge is -2.20. The third-order valence-corrected chi connectivity index (χ3v) is 2.72. The molecule has 1 fully saturated rings. The Morgan fingerprint density at radius 2 is 2.60 bits per heavy atom. The minimum absolute atomic E-state index is 0.331. The topological polar surface area (TPSA) is 53.1 Å². The highest BCUT2D eigenvalue weighted by atomic mass is 16.5. The molecule has 4 heteroatoms. The van der Waals surface area contributed by atoms with Gasteiger partial charge in [0.1, 0.15) is 5.82 Å². The first-order valence-electron chi connectivity index (χ1n) is 5.14. The van der Waals surface area contributed by atoms with E-state index in [1.807, 2.05) is 0 Å². The van der Waals surface area contributed by atoms with E-state index in [-0.39, 0.29) is 0 Å². The zero-order valence-corrected chi connectivity index (χ0v) is 8.65. The molecule has 2 N–H and O–H groups in total. The van der Waals surface area contributed by atoms with Gasteiger partial charge in [-0.25, -0.2) is 4.98 Å². The van der Waals surface area contributed by atoms with Crippen LogP contribution in [0, 0.1) is 12.3 Å². The molecule has 1 saturated heterocycles. The maximum Gasteiger partial charge on any atom is 0.127 e. The molecule has 0 aliphatic carbocycles. The van der Waals surface area contributed by atoms with Crippen LogP contribution < -0.4 is 5.73 Å². The van der Waals surface area contributed by atoms with E-state index < -0.39 is 0 Å². The van der Waals surface area contributed by atoms with Gasteiger partial charge < -0.3 is 15.0 Å². The van der Waals surface area contributed by atoms with Gasteiger partial charge in [-0.15, -0.1) is 6.42 Å². The van der Waals surface area contributed by atoms with Crippen LogP contribution in [0.2, 0.25) is 0 Å². The number of rotatable bonds is 2. The molecule has 1 atom stereocenters. The summed E-state index contributed by atoms with van der Waals surface area (Å²) >= 11 is 0. The summed E-state index contributed by atoms with van der Waals surface area (Å²) in [6.45, 7) is 2.05. The molecule has 15 heavy (non-hydrogen) atoms. The van der Waals surface area contributed by atoms with Crippen LogP contribution in [0.3, 0.4) is 0 Å². The van der Waals surface area contributed by atoms with Gasteiger partial charge in [0.2, 0.25) is 0 Å². The molecule has 0 aromatic carbocycles. The Morgan fingerprint density at radius 1 is 1.73 bits per heavy atom. The lowest BCUT2D eigenvalue weighted by atomic mass is 9.99. The van der Waals surface area contributed by atoms with Crippen LogP contribution >= 0.6 is 0 Å². The van der Waals surface area contributed by atoms with Gasteiger partial charge in [0.15, 0.2) is 0 Å². The van der Waals surface area contributed by atoms with Crippen LogP contribution in [0.1, 0.15) is 24.5 Å². The van der Waals surface area contributed by atoms with Crippen LogP contribution in [0.4, 0.5) is 5.82 Å². The summed E-state index contributed by atoms with van der Waals surface area (Å²) in [4.78, 5) is 4.32. The Bertz CT molecular complexity index is 372. The van der Waals surface area contributed by atoms with Gasteiger partial charge in [-0.3, -0.25) is 0 Å². The Morgan fingerprint density at radius 3 is 3.27 bits per heavy atom. The highest BCUT2D eigenvalue weighted by Crippen LogP contribution is 2.28. The summed E-state index contributed by atoms with van der Waals surface area (Å²) in [5.41, 5.74) is 6.90. The van der Waals surface area contributed by atoms with Crippen molar-refractivity contribution in [2.45, 2.75) is 25.3 Å². The van der Waals surface area contributed by atoms with Crippen LogP contribution in [-0.2, 0) is 11.3 Å². The molecule has 1 aromatic rings. The summed E-state index contributed by atoms with van der Waals surface area (Å²) in [6.07, 6.45) is 9.12. The number of aromatic nitrogens is 2. The Kier molecular flexibility index (Phi) is 2.93. The SMILES string of the molecule is C#CCn1cnc(C2CCCOC2)c1N. The number of hydrogen-bond acceptors (Lipinski definition) is 3. The van der Waals surface area contributed by atoms with E-state index in [0.29, 0.717) is 18.3 Å². The minimum atomic E-state index is 0.331. The van der Waals surface area contributed by atoms with Gasteiger partial charge >= 0.3 is 0 Å². The standard InChI is InChI=1S/C11H15N3O/c1-2-5-14-8-13-10(11(14)12)9-4-3-6-15-7-9/h1,8-9H,3-7,12H2. The van der Waals surface area contributed by atoms with Crippen LogP contribution in [0.15, 0.2) is 6.33 Å². The molecule has 80 valence electrons. The third kappa shape index (κ3) is 1.97. The summed E-state index contributed by atoms with van der Waals surface area (Å²) < 4.78 is 7.21. The van der Waals surface area contributed by atoms with Gasteiger partial charge in [-0.1, -0.05) is 5.92 Å². The number of ether oxygens (including phenoxy) is 1. The fourth-order valence-corrected chi connectivity index (χ4v) is 1.90. The molecule has 1 aliphatic rings. The molecule has 0 saturated carbocycles. The number of anilines is 1. The zero-order chi connectivity index (χ0) is 10.7. The van der Waals surface area contributed by atoms with Gasteiger partial charge in [-0.05, 0) is 12.8 Å². The lowest BCUT2D eigenvalue weighted by molar-refractivity contribution is 0.0796. The highest BCUT2D eigenvalue weighted by molar-refractivity contribution is 5.39. The average Bonchev–Trinajstić information content (AvgIpc) is 2.63. The number of nitrogen functional groups attached to an aromatic ring is 1. The van der Waals surface area contributed by atoms with E-state index in [1.54, 1.807) is 10.9 Å². The van der Waals surface area contributed by atoms with Crippen molar-refractivity contribution in [1.82, 2.24) is 9.55 Å². The van der Waals surface area contributed by atoms with Crippen LogP contribution in [0.5, 0.6) is 0 Å². The Labute approximate surface area is 89.4 Å². The van der Waals surface area contributed by atoms with Gasteiger partial charge in [-0.2, -0.15) is 0 Å². The maximum atomic E-state index is 5.97. The van der Waals surface area contributed by atoms with E-state index >= 15 is 0 Å². The number of terminal acetylenes is 1. The fourth-order valence-electron chi connectivity index (χ4n) is 1.90. The number of imidazole rings is 1. The second-order valence-corrected chi connectivity index (χ2v) is 3.76. The van der Waals surface area contributed by atoms with Crippen molar-refractivity contribution < 1.29 is 4.74 Å². The molecule has 0 amide bonds. The normalized spacial score (nSPS) is 21.1. The van der Waals surface area contributed by atoms with Crippen molar-refractivity contribution in [1.29, 1.82) is 0 Å². The van der Waals surface area contributed by atoms with Crippen LogP contribution in [0.25, 0.3) is 0 Å². The van der Waals surface area contributed by atoms with Gasteiger partial charge in [0, 0.05) is 12.5 Å². The molecular formula is C11H15N3O. The van der Waals surface area contributed by atoms with Gasteiger partial charge in [0.25, 0.3) is 0 Å². The maximum absolute atomic E-state index is 5.97. The average molecular weight is 205 g/mol. The zero-order valence-electron chi connectivity index (χ0n) is 8.65. The smallest absolute Gasteiger partial charge is 0.127 e. The van der Waals surface area contributed by atoms with E-state index in [4.69, 9.17) is 16.9 Å². The van der Waals surface area contributed by atoms with Crippen molar-refractivity contribution in [2.75, 3.05) is 18.9 Å². The van der Waals surface area contributed by atoms with Crippen molar-refractivity contribution in [2.24, 2.45) is 0 Å². The van der Waals surface area contributed by atoms with Crippen molar-refractivity contribution >= 4 is 5.82 Å².